The van der Waals surface area contributed by atoms with Gasteiger partial charge in [0.25, 0.3) is 0 Å². The van der Waals surface area contributed by atoms with E-state index < -0.39 is 5.97 Å². The van der Waals surface area contributed by atoms with E-state index in [9.17, 15) is 9.59 Å². The molecule has 6 heteroatoms. The summed E-state index contributed by atoms with van der Waals surface area (Å²) in [6.45, 7) is 0.264. The second kappa shape index (κ2) is 6.99. The summed E-state index contributed by atoms with van der Waals surface area (Å²) >= 11 is 5.81. The van der Waals surface area contributed by atoms with Crippen LogP contribution in [0.25, 0.3) is 0 Å². The van der Waals surface area contributed by atoms with E-state index in [1.807, 2.05) is 0 Å². The summed E-state index contributed by atoms with van der Waals surface area (Å²) in [5, 5.41) is 9.17. The van der Waals surface area contributed by atoms with Crippen molar-refractivity contribution < 1.29 is 19.4 Å². The van der Waals surface area contributed by atoms with E-state index in [0.29, 0.717) is 12.8 Å². The van der Waals surface area contributed by atoms with Crippen LogP contribution in [0.4, 0.5) is 0 Å². The standard InChI is InChI=1S/C13H16ClNO4/c1-15(2)11(16)7-4-8-19-10-6-3-5-9(14)12(10)13(17)18/h3,5-6H,4,7-8H2,1-2H3,(H,17,18). The molecular formula is C13H16ClNO4. The van der Waals surface area contributed by atoms with Crippen molar-refractivity contribution in [3.05, 3.63) is 28.8 Å². The maximum atomic E-state index is 11.3. The molecule has 0 heterocycles. The van der Waals surface area contributed by atoms with Crippen LogP contribution in [0.2, 0.25) is 5.02 Å². The number of halogens is 1. The number of carboxylic acids is 1. The highest BCUT2D eigenvalue weighted by molar-refractivity contribution is 6.33. The average Bonchev–Trinajstić information content (AvgIpc) is 2.33. The van der Waals surface area contributed by atoms with Gasteiger partial charge in [0.2, 0.25) is 5.91 Å². The quantitative estimate of drug-likeness (QED) is 0.814. The van der Waals surface area contributed by atoms with Crippen LogP contribution >= 0.6 is 11.6 Å². The zero-order valence-corrected chi connectivity index (χ0v) is 11.6. The molecule has 104 valence electrons. The smallest absolute Gasteiger partial charge is 0.341 e. The van der Waals surface area contributed by atoms with Gasteiger partial charge in [-0.05, 0) is 18.6 Å². The highest BCUT2D eigenvalue weighted by atomic mass is 35.5. The van der Waals surface area contributed by atoms with Crippen molar-refractivity contribution in [2.75, 3.05) is 20.7 Å². The maximum Gasteiger partial charge on any atom is 0.341 e. The van der Waals surface area contributed by atoms with E-state index in [4.69, 9.17) is 21.4 Å². The summed E-state index contributed by atoms with van der Waals surface area (Å²) in [4.78, 5) is 23.9. The normalized spacial score (nSPS) is 10.1. The van der Waals surface area contributed by atoms with Gasteiger partial charge in [0.05, 0.1) is 11.6 Å². The number of nitrogens with zero attached hydrogens (tertiary/aromatic N) is 1. The van der Waals surface area contributed by atoms with Gasteiger partial charge in [-0.15, -0.1) is 0 Å². The number of aromatic carboxylic acids is 1. The van der Waals surface area contributed by atoms with E-state index in [1.54, 1.807) is 26.2 Å². The molecule has 0 aromatic heterocycles. The van der Waals surface area contributed by atoms with Gasteiger partial charge < -0.3 is 14.7 Å². The Hall–Kier alpha value is -1.75. The van der Waals surface area contributed by atoms with Gasteiger partial charge in [-0.2, -0.15) is 0 Å². The molecule has 0 atom stereocenters. The molecule has 1 rings (SSSR count). The fourth-order valence-corrected chi connectivity index (χ4v) is 1.71. The van der Waals surface area contributed by atoms with E-state index in [1.165, 1.54) is 11.0 Å². The average molecular weight is 286 g/mol. The van der Waals surface area contributed by atoms with Crippen LogP contribution in [0.3, 0.4) is 0 Å². The largest absolute Gasteiger partial charge is 0.493 e. The van der Waals surface area contributed by atoms with E-state index in [2.05, 4.69) is 0 Å². The second-order valence-corrected chi connectivity index (χ2v) is 4.57. The predicted octanol–water partition coefficient (Wildman–Crippen LogP) is 2.29. The molecule has 0 saturated carbocycles. The lowest BCUT2D eigenvalue weighted by atomic mass is 10.2. The lowest BCUT2D eigenvalue weighted by molar-refractivity contribution is -0.128. The molecule has 0 aliphatic heterocycles. The summed E-state index contributed by atoms with van der Waals surface area (Å²) in [7, 11) is 3.37. The molecule has 19 heavy (non-hydrogen) atoms. The number of benzene rings is 1. The lowest BCUT2D eigenvalue weighted by Gasteiger charge is -2.12. The monoisotopic (exact) mass is 285 g/mol. The Morgan fingerprint density at radius 1 is 1.37 bits per heavy atom. The minimum absolute atomic E-state index is 0.00755. The Bertz CT molecular complexity index is 474. The van der Waals surface area contributed by atoms with Gasteiger partial charge in [0, 0.05) is 20.5 Å². The van der Waals surface area contributed by atoms with Crippen LogP contribution in [0.1, 0.15) is 23.2 Å². The van der Waals surface area contributed by atoms with Gasteiger partial charge in [-0.25, -0.2) is 4.79 Å². The Morgan fingerprint density at radius 2 is 2.05 bits per heavy atom. The molecular weight excluding hydrogens is 270 g/mol. The topological polar surface area (TPSA) is 66.8 Å². The van der Waals surface area contributed by atoms with Crippen LogP contribution < -0.4 is 4.74 Å². The Morgan fingerprint density at radius 3 is 2.63 bits per heavy atom. The summed E-state index contributed by atoms with van der Waals surface area (Å²) < 4.78 is 5.37. The molecule has 0 aliphatic carbocycles. The highest BCUT2D eigenvalue weighted by Crippen LogP contribution is 2.26. The first kappa shape index (κ1) is 15.3. The molecule has 0 radical (unpaired) electrons. The zero-order valence-electron chi connectivity index (χ0n) is 10.9. The molecule has 5 nitrogen and oxygen atoms in total. The maximum absolute atomic E-state index is 11.3. The molecule has 0 unspecified atom stereocenters. The second-order valence-electron chi connectivity index (χ2n) is 4.16. The van der Waals surface area contributed by atoms with Crippen molar-refractivity contribution in [2.24, 2.45) is 0 Å². The zero-order chi connectivity index (χ0) is 14.4. The van der Waals surface area contributed by atoms with Gasteiger partial charge in [-0.3, -0.25) is 4.79 Å². The number of carbonyl (C=O) groups is 2. The Kier molecular flexibility index (Phi) is 5.63. The first-order chi connectivity index (χ1) is 8.93. The third-order valence-electron chi connectivity index (χ3n) is 2.48. The first-order valence-corrected chi connectivity index (χ1v) is 6.16. The molecule has 0 bridgehead atoms. The molecule has 1 N–H and O–H groups in total. The number of hydrogen-bond acceptors (Lipinski definition) is 3. The van der Waals surface area contributed by atoms with Crippen LogP contribution in [-0.4, -0.2) is 42.6 Å². The van der Waals surface area contributed by atoms with Crippen molar-refractivity contribution in [1.82, 2.24) is 4.90 Å². The molecule has 0 saturated heterocycles. The lowest BCUT2D eigenvalue weighted by Crippen LogP contribution is -2.21. The number of amides is 1. The van der Waals surface area contributed by atoms with Crippen LogP contribution in [-0.2, 0) is 4.79 Å². The molecule has 1 aromatic carbocycles. The van der Waals surface area contributed by atoms with Gasteiger partial charge in [-0.1, -0.05) is 17.7 Å². The van der Waals surface area contributed by atoms with Gasteiger partial charge in [0.15, 0.2) is 0 Å². The van der Waals surface area contributed by atoms with Gasteiger partial charge in [0.1, 0.15) is 11.3 Å². The van der Waals surface area contributed by atoms with Crippen molar-refractivity contribution in [2.45, 2.75) is 12.8 Å². The Labute approximate surface area is 116 Å². The first-order valence-electron chi connectivity index (χ1n) is 5.78. The van der Waals surface area contributed by atoms with Crippen molar-refractivity contribution in [3.63, 3.8) is 0 Å². The van der Waals surface area contributed by atoms with E-state index >= 15 is 0 Å². The third-order valence-corrected chi connectivity index (χ3v) is 2.80. The number of ether oxygens (including phenoxy) is 1. The fraction of sp³-hybridized carbons (Fsp3) is 0.385. The number of carbonyl (C=O) groups excluding carboxylic acids is 1. The third kappa shape index (κ3) is 4.44. The van der Waals surface area contributed by atoms with Crippen molar-refractivity contribution in [3.8, 4) is 5.75 Å². The van der Waals surface area contributed by atoms with Crippen molar-refractivity contribution >= 4 is 23.5 Å². The van der Waals surface area contributed by atoms with E-state index in [-0.39, 0.29) is 28.8 Å². The Balaban J connectivity index is 2.57. The minimum atomic E-state index is -1.13. The predicted molar refractivity (Wildman–Crippen MR) is 71.8 cm³/mol. The summed E-state index contributed by atoms with van der Waals surface area (Å²) in [6.07, 6.45) is 0.874. The van der Waals surface area contributed by atoms with Gasteiger partial charge >= 0.3 is 5.97 Å². The minimum Gasteiger partial charge on any atom is -0.493 e. The summed E-state index contributed by atoms with van der Waals surface area (Å²) in [6, 6.07) is 4.66. The molecule has 1 amide bonds. The fourth-order valence-electron chi connectivity index (χ4n) is 1.46. The van der Waals surface area contributed by atoms with Crippen LogP contribution in [0, 0.1) is 0 Å². The molecule has 0 aliphatic rings. The van der Waals surface area contributed by atoms with Crippen LogP contribution in [0.15, 0.2) is 18.2 Å². The van der Waals surface area contributed by atoms with Crippen LogP contribution in [0.5, 0.6) is 5.75 Å². The molecule has 1 aromatic rings. The van der Waals surface area contributed by atoms with E-state index in [0.717, 1.165) is 0 Å². The number of hydrogen-bond donors (Lipinski definition) is 1. The number of carboxylic acid groups (broad SMARTS) is 1. The van der Waals surface area contributed by atoms with Crippen molar-refractivity contribution in [1.29, 1.82) is 0 Å². The SMILES string of the molecule is CN(C)C(=O)CCCOc1cccc(Cl)c1C(=O)O. The highest BCUT2D eigenvalue weighted by Gasteiger charge is 2.15. The number of rotatable bonds is 6. The summed E-state index contributed by atoms with van der Waals surface area (Å²) in [5.74, 6) is -0.907. The molecule has 0 spiro atoms. The summed E-state index contributed by atoms with van der Waals surface area (Å²) in [5.41, 5.74) is -0.0527. The molecule has 0 fully saturated rings.